The average molecular weight is 254 g/mol. The number of carbonyl (C=O) groups excluding carboxylic acids is 1. The lowest BCUT2D eigenvalue weighted by molar-refractivity contribution is -0.122. The summed E-state index contributed by atoms with van der Waals surface area (Å²) in [6.45, 7) is 5.67. The normalized spacial score (nSPS) is 12.2. The third-order valence-corrected chi connectivity index (χ3v) is 2.69. The van der Waals surface area contributed by atoms with E-state index < -0.39 is 5.97 Å². The molecule has 1 aromatic heterocycles. The molecule has 1 atom stereocenters. The molecule has 0 spiro atoms. The molecule has 1 unspecified atom stereocenters. The minimum atomic E-state index is -1.12. The van der Waals surface area contributed by atoms with Crippen LogP contribution < -0.4 is 5.32 Å². The van der Waals surface area contributed by atoms with Crippen molar-refractivity contribution in [2.24, 2.45) is 0 Å². The highest BCUT2D eigenvalue weighted by molar-refractivity contribution is 5.86. The number of nitrogens with one attached hydrogen (secondary N) is 1. The first-order valence-corrected chi connectivity index (χ1v) is 5.94. The van der Waals surface area contributed by atoms with Crippen LogP contribution in [-0.4, -0.2) is 38.0 Å². The van der Waals surface area contributed by atoms with Crippen LogP contribution in [0.25, 0.3) is 0 Å². The molecule has 100 valence electrons. The van der Waals surface area contributed by atoms with Crippen LogP contribution in [0, 0.1) is 0 Å². The van der Waals surface area contributed by atoms with E-state index >= 15 is 0 Å². The first kappa shape index (κ1) is 14.1. The Bertz CT molecular complexity index is 441. The number of carboxylic acids is 1. The summed E-state index contributed by atoms with van der Waals surface area (Å²) in [7, 11) is 0. The van der Waals surface area contributed by atoms with Gasteiger partial charge >= 0.3 is 5.97 Å². The smallest absolute Gasteiger partial charge is 0.358 e. The zero-order chi connectivity index (χ0) is 13.7. The van der Waals surface area contributed by atoms with Crippen molar-refractivity contribution in [3.05, 3.63) is 11.4 Å². The summed E-state index contributed by atoms with van der Waals surface area (Å²) < 4.78 is 1.33. The molecular formula is C11H18N4O3. The van der Waals surface area contributed by atoms with E-state index in [1.807, 2.05) is 13.8 Å². The van der Waals surface area contributed by atoms with Crippen LogP contribution in [0.2, 0.25) is 0 Å². The fourth-order valence-electron chi connectivity index (χ4n) is 1.53. The minimum absolute atomic E-state index is 0.00616. The maximum Gasteiger partial charge on any atom is 0.358 e. The molecule has 1 rings (SSSR count). The number of hydrogen-bond donors (Lipinski definition) is 2. The molecule has 0 aliphatic carbocycles. The van der Waals surface area contributed by atoms with Crippen LogP contribution >= 0.6 is 0 Å². The van der Waals surface area contributed by atoms with Crippen molar-refractivity contribution in [2.45, 2.75) is 46.2 Å². The molecule has 2 N–H and O–H groups in total. The number of aromatic nitrogens is 3. The van der Waals surface area contributed by atoms with Crippen molar-refractivity contribution in [1.82, 2.24) is 20.3 Å². The van der Waals surface area contributed by atoms with Gasteiger partial charge in [-0.15, -0.1) is 5.10 Å². The second-order valence-corrected chi connectivity index (χ2v) is 4.08. The van der Waals surface area contributed by atoms with Crippen LogP contribution in [0.4, 0.5) is 0 Å². The molecule has 7 heteroatoms. The molecule has 0 aliphatic rings. The van der Waals surface area contributed by atoms with E-state index in [-0.39, 0.29) is 24.2 Å². The Morgan fingerprint density at radius 2 is 2.11 bits per heavy atom. The largest absolute Gasteiger partial charge is 0.476 e. The highest BCUT2D eigenvalue weighted by Gasteiger charge is 2.19. The van der Waals surface area contributed by atoms with E-state index in [1.165, 1.54) is 4.68 Å². The van der Waals surface area contributed by atoms with Gasteiger partial charge in [0.2, 0.25) is 5.91 Å². The number of aromatic carboxylic acids is 1. The number of carbonyl (C=O) groups is 2. The summed E-state index contributed by atoms with van der Waals surface area (Å²) in [5, 5.41) is 19.0. The molecule has 0 radical (unpaired) electrons. The first-order chi connectivity index (χ1) is 8.49. The van der Waals surface area contributed by atoms with E-state index in [1.54, 1.807) is 6.92 Å². The predicted molar refractivity (Wildman–Crippen MR) is 64.3 cm³/mol. The Morgan fingerprint density at radius 1 is 1.44 bits per heavy atom. The van der Waals surface area contributed by atoms with Crippen molar-refractivity contribution >= 4 is 11.9 Å². The monoisotopic (exact) mass is 254 g/mol. The van der Waals surface area contributed by atoms with Crippen molar-refractivity contribution in [3.8, 4) is 0 Å². The van der Waals surface area contributed by atoms with Crippen LogP contribution in [0.1, 0.15) is 43.4 Å². The zero-order valence-electron chi connectivity index (χ0n) is 10.8. The van der Waals surface area contributed by atoms with Crippen molar-refractivity contribution in [1.29, 1.82) is 0 Å². The van der Waals surface area contributed by atoms with Gasteiger partial charge < -0.3 is 10.4 Å². The Labute approximate surface area is 105 Å². The van der Waals surface area contributed by atoms with Crippen molar-refractivity contribution < 1.29 is 14.7 Å². The lowest BCUT2D eigenvalue weighted by atomic mass is 10.2. The van der Waals surface area contributed by atoms with Gasteiger partial charge in [0, 0.05) is 6.04 Å². The zero-order valence-corrected chi connectivity index (χ0v) is 10.8. The summed E-state index contributed by atoms with van der Waals surface area (Å²) in [6, 6.07) is 0.0880. The number of carboxylic acid groups (broad SMARTS) is 1. The van der Waals surface area contributed by atoms with Crippen LogP contribution in [0.5, 0.6) is 0 Å². The minimum Gasteiger partial charge on any atom is -0.476 e. The van der Waals surface area contributed by atoms with Crippen molar-refractivity contribution in [3.63, 3.8) is 0 Å². The van der Waals surface area contributed by atoms with Gasteiger partial charge in [-0.2, -0.15) is 0 Å². The van der Waals surface area contributed by atoms with E-state index in [9.17, 15) is 9.59 Å². The molecule has 0 bridgehead atoms. The van der Waals surface area contributed by atoms with Gasteiger partial charge in [0.25, 0.3) is 0 Å². The summed E-state index contributed by atoms with van der Waals surface area (Å²) >= 11 is 0. The molecule has 0 saturated heterocycles. The molecule has 1 heterocycles. The molecular weight excluding hydrogens is 236 g/mol. The fourth-order valence-corrected chi connectivity index (χ4v) is 1.53. The van der Waals surface area contributed by atoms with Gasteiger partial charge in [-0.3, -0.25) is 4.79 Å². The summed E-state index contributed by atoms with van der Waals surface area (Å²) in [6.07, 6.45) is 1.30. The second kappa shape index (κ2) is 6.13. The summed E-state index contributed by atoms with van der Waals surface area (Å²) in [5.74, 6) is -1.32. The Balaban J connectivity index is 2.79. The Hall–Kier alpha value is -1.92. The molecule has 0 aromatic carbocycles. The van der Waals surface area contributed by atoms with Gasteiger partial charge in [-0.1, -0.05) is 19.1 Å². The average Bonchev–Trinajstić information content (AvgIpc) is 2.71. The summed E-state index contributed by atoms with van der Waals surface area (Å²) in [5.41, 5.74) is 0.371. The van der Waals surface area contributed by atoms with Gasteiger partial charge in [0.05, 0.1) is 5.69 Å². The van der Waals surface area contributed by atoms with Gasteiger partial charge in [0.15, 0.2) is 5.69 Å². The highest BCUT2D eigenvalue weighted by atomic mass is 16.4. The molecule has 1 aromatic rings. The number of rotatable bonds is 6. The topological polar surface area (TPSA) is 97.1 Å². The first-order valence-electron chi connectivity index (χ1n) is 5.94. The van der Waals surface area contributed by atoms with Gasteiger partial charge in [-0.05, 0) is 19.8 Å². The van der Waals surface area contributed by atoms with E-state index in [4.69, 9.17) is 5.11 Å². The molecule has 7 nitrogen and oxygen atoms in total. The molecule has 0 aliphatic heterocycles. The van der Waals surface area contributed by atoms with Gasteiger partial charge in [-0.25, -0.2) is 9.48 Å². The third kappa shape index (κ3) is 3.28. The molecule has 0 fully saturated rings. The predicted octanol–water partition coefficient (Wildman–Crippen LogP) is 0.453. The van der Waals surface area contributed by atoms with Crippen LogP contribution in [0.3, 0.4) is 0 Å². The van der Waals surface area contributed by atoms with Gasteiger partial charge in [0.1, 0.15) is 6.54 Å². The van der Waals surface area contributed by atoms with E-state index in [0.29, 0.717) is 12.1 Å². The van der Waals surface area contributed by atoms with E-state index in [0.717, 1.165) is 6.42 Å². The summed E-state index contributed by atoms with van der Waals surface area (Å²) in [4.78, 5) is 22.6. The number of amides is 1. The maximum atomic E-state index is 11.7. The lowest BCUT2D eigenvalue weighted by Crippen LogP contribution is -2.35. The highest BCUT2D eigenvalue weighted by Crippen LogP contribution is 2.06. The van der Waals surface area contributed by atoms with Crippen LogP contribution in [-0.2, 0) is 17.8 Å². The molecule has 0 saturated carbocycles. The fraction of sp³-hybridized carbons (Fsp3) is 0.636. The Morgan fingerprint density at radius 3 is 2.61 bits per heavy atom. The lowest BCUT2D eigenvalue weighted by Gasteiger charge is -2.11. The molecule has 18 heavy (non-hydrogen) atoms. The van der Waals surface area contributed by atoms with Crippen molar-refractivity contribution in [2.75, 3.05) is 0 Å². The third-order valence-electron chi connectivity index (χ3n) is 2.69. The SMILES string of the molecule is CCc1c(C(=O)O)nnn1CC(=O)NC(C)CC. The molecule has 1 amide bonds. The van der Waals surface area contributed by atoms with E-state index in [2.05, 4.69) is 15.6 Å². The quantitative estimate of drug-likeness (QED) is 0.768. The number of hydrogen-bond acceptors (Lipinski definition) is 4. The standard InChI is InChI=1S/C11H18N4O3/c1-4-7(3)12-9(16)6-15-8(5-2)10(11(17)18)13-14-15/h7H,4-6H2,1-3H3,(H,12,16)(H,17,18). The maximum absolute atomic E-state index is 11.7. The van der Waals surface area contributed by atoms with Crippen LogP contribution in [0.15, 0.2) is 0 Å². The second-order valence-electron chi connectivity index (χ2n) is 4.08. The number of nitrogens with zero attached hydrogens (tertiary/aromatic N) is 3. The Kier molecular flexibility index (Phi) is 4.82.